The van der Waals surface area contributed by atoms with Crippen molar-refractivity contribution in [3.8, 4) is 0 Å². The number of pyridine rings is 1. The number of carbonyl (C=O) groups excluding carboxylic acids is 1. The van der Waals surface area contributed by atoms with Crippen molar-refractivity contribution in [1.82, 2.24) is 24.4 Å². The van der Waals surface area contributed by atoms with Crippen LogP contribution >= 0.6 is 0 Å². The summed E-state index contributed by atoms with van der Waals surface area (Å²) in [6, 6.07) is 8.64. The van der Waals surface area contributed by atoms with Crippen molar-refractivity contribution < 1.29 is 4.79 Å². The number of nitrogens with one attached hydrogen (secondary N) is 1. The topological polar surface area (TPSA) is 81.8 Å². The van der Waals surface area contributed by atoms with E-state index >= 15 is 0 Å². The third-order valence-corrected chi connectivity index (χ3v) is 5.84. The van der Waals surface area contributed by atoms with E-state index < -0.39 is 0 Å². The van der Waals surface area contributed by atoms with E-state index in [0.29, 0.717) is 18.3 Å². The van der Waals surface area contributed by atoms with E-state index in [9.17, 15) is 9.59 Å². The van der Waals surface area contributed by atoms with Crippen LogP contribution in [0.2, 0.25) is 0 Å². The smallest absolute Gasteiger partial charge is 0.347 e. The van der Waals surface area contributed by atoms with Gasteiger partial charge in [0.2, 0.25) is 5.91 Å². The highest BCUT2D eigenvalue weighted by Gasteiger charge is 2.24. The second-order valence-electron chi connectivity index (χ2n) is 7.94. The number of carbonyl (C=O) groups is 1. The monoisotopic (exact) mass is 393 g/mol. The van der Waals surface area contributed by atoms with Crippen LogP contribution in [0.3, 0.4) is 0 Å². The first kappa shape index (κ1) is 19.4. The van der Waals surface area contributed by atoms with E-state index in [4.69, 9.17) is 0 Å². The van der Waals surface area contributed by atoms with Crippen molar-refractivity contribution in [2.24, 2.45) is 0 Å². The lowest BCUT2D eigenvalue weighted by atomic mass is 9.91. The van der Waals surface area contributed by atoms with Gasteiger partial charge in [-0.2, -0.15) is 4.98 Å². The minimum absolute atomic E-state index is 0.00611. The molecular formula is C22H27N5O2. The van der Waals surface area contributed by atoms with Crippen LogP contribution in [0.15, 0.2) is 41.5 Å². The first-order valence-electron chi connectivity index (χ1n) is 10.3. The Hall–Kier alpha value is -2.96. The third kappa shape index (κ3) is 4.23. The summed E-state index contributed by atoms with van der Waals surface area (Å²) >= 11 is 0. The molecule has 0 atom stereocenters. The number of fused-ring (bicyclic) bond motifs is 1. The number of amides is 1. The van der Waals surface area contributed by atoms with Crippen LogP contribution in [0.25, 0.3) is 11.0 Å². The van der Waals surface area contributed by atoms with Crippen LogP contribution in [0.4, 0.5) is 0 Å². The van der Waals surface area contributed by atoms with Crippen molar-refractivity contribution in [2.75, 3.05) is 0 Å². The summed E-state index contributed by atoms with van der Waals surface area (Å²) in [5.41, 5.74) is 2.29. The molecule has 0 aliphatic heterocycles. The van der Waals surface area contributed by atoms with Gasteiger partial charge in [0, 0.05) is 54.2 Å². The molecule has 0 aromatic carbocycles. The van der Waals surface area contributed by atoms with Crippen molar-refractivity contribution in [2.45, 2.75) is 64.6 Å². The van der Waals surface area contributed by atoms with Crippen molar-refractivity contribution >= 4 is 16.9 Å². The Labute approximate surface area is 169 Å². The SMILES string of the molecule is Cc1cc(C)n(CCC(=O)NC2CCC(n3ccc4cccnc43)CC2)c(=O)n1. The van der Waals surface area contributed by atoms with E-state index in [1.54, 1.807) is 11.5 Å². The molecule has 3 aromatic heterocycles. The number of rotatable bonds is 5. The van der Waals surface area contributed by atoms with E-state index in [0.717, 1.165) is 37.0 Å². The average molecular weight is 393 g/mol. The Morgan fingerprint density at radius 2 is 2.00 bits per heavy atom. The highest BCUT2D eigenvalue weighted by molar-refractivity contribution is 5.76. The Morgan fingerprint density at radius 3 is 2.76 bits per heavy atom. The maximum absolute atomic E-state index is 12.4. The molecule has 1 N–H and O–H groups in total. The zero-order valence-electron chi connectivity index (χ0n) is 17.0. The van der Waals surface area contributed by atoms with Crippen LogP contribution in [0, 0.1) is 13.8 Å². The number of aromatic nitrogens is 4. The Kier molecular flexibility index (Phi) is 5.47. The molecule has 29 heavy (non-hydrogen) atoms. The summed E-state index contributed by atoms with van der Waals surface area (Å²) in [7, 11) is 0. The molecule has 1 saturated carbocycles. The zero-order valence-corrected chi connectivity index (χ0v) is 17.0. The van der Waals surface area contributed by atoms with Crippen molar-refractivity contribution in [3.63, 3.8) is 0 Å². The predicted molar refractivity (Wildman–Crippen MR) is 112 cm³/mol. The summed E-state index contributed by atoms with van der Waals surface area (Å²) in [6.07, 6.45) is 8.19. The quantitative estimate of drug-likeness (QED) is 0.723. The highest BCUT2D eigenvalue weighted by Crippen LogP contribution is 2.31. The minimum Gasteiger partial charge on any atom is -0.353 e. The molecule has 7 nitrogen and oxygen atoms in total. The molecule has 3 aromatic rings. The number of hydrogen-bond acceptors (Lipinski definition) is 4. The van der Waals surface area contributed by atoms with Gasteiger partial charge >= 0.3 is 5.69 Å². The number of nitrogens with zero attached hydrogens (tertiary/aromatic N) is 4. The molecule has 1 amide bonds. The molecule has 0 unspecified atom stereocenters. The summed E-state index contributed by atoms with van der Waals surface area (Å²) in [4.78, 5) is 32.9. The standard InChI is InChI=1S/C22H27N5O2/c1-15-14-16(2)26(22(29)24-15)13-10-20(28)25-18-5-7-19(8-6-18)27-12-9-17-4-3-11-23-21(17)27/h3-4,9,11-12,14,18-19H,5-8,10,13H2,1-2H3,(H,25,28). The number of aryl methyl sites for hydroxylation is 2. The Bertz CT molecular complexity index is 1080. The van der Waals surface area contributed by atoms with Crippen LogP contribution in [-0.2, 0) is 11.3 Å². The van der Waals surface area contributed by atoms with Crippen LogP contribution in [0.5, 0.6) is 0 Å². The van der Waals surface area contributed by atoms with Gasteiger partial charge < -0.3 is 9.88 Å². The fourth-order valence-corrected chi connectivity index (χ4v) is 4.34. The Morgan fingerprint density at radius 1 is 1.21 bits per heavy atom. The summed E-state index contributed by atoms with van der Waals surface area (Å²) in [5, 5.41) is 4.31. The largest absolute Gasteiger partial charge is 0.353 e. The molecule has 4 rings (SSSR count). The summed E-state index contributed by atoms with van der Waals surface area (Å²) in [6.45, 7) is 4.03. The molecule has 0 bridgehead atoms. The maximum Gasteiger partial charge on any atom is 0.347 e. The fraction of sp³-hybridized carbons (Fsp3) is 0.455. The van der Waals surface area contributed by atoms with Gasteiger partial charge in [0.15, 0.2) is 0 Å². The molecule has 1 fully saturated rings. The molecule has 1 aliphatic carbocycles. The average Bonchev–Trinajstić information content (AvgIpc) is 3.12. The van der Waals surface area contributed by atoms with Gasteiger partial charge in [0.05, 0.1) is 0 Å². The van der Waals surface area contributed by atoms with Gasteiger partial charge in [-0.3, -0.25) is 9.36 Å². The molecular weight excluding hydrogens is 366 g/mol. The van der Waals surface area contributed by atoms with Crippen LogP contribution in [0.1, 0.15) is 49.5 Å². The third-order valence-electron chi connectivity index (χ3n) is 5.84. The number of hydrogen-bond donors (Lipinski definition) is 1. The molecule has 7 heteroatoms. The lowest BCUT2D eigenvalue weighted by Gasteiger charge is -2.30. The van der Waals surface area contributed by atoms with Gasteiger partial charge in [0.25, 0.3) is 0 Å². The molecule has 0 radical (unpaired) electrons. The van der Waals surface area contributed by atoms with E-state index in [1.165, 1.54) is 5.39 Å². The summed E-state index contributed by atoms with van der Waals surface area (Å²) in [5.74, 6) is -0.00611. The van der Waals surface area contributed by atoms with Crippen LogP contribution < -0.4 is 11.0 Å². The van der Waals surface area contributed by atoms with Crippen molar-refractivity contribution in [3.05, 3.63) is 58.5 Å². The van der Waals surface area contributed by atoms with Gasteiger partial charge in [-0.05, 0) is 63.8 Å². The predicted octanol–water partition coefficient (Wildman–Crippen LogP) is 2.90. The molecule has 1 aliphatic rings. The van der Waals surface area contributed by atoms with Gasteiger partial charge in [-0.15, -0.1) is 0 Å². The molecule has 0 spiro atoms. The summed E-state index contributed by atoms with van der Waals surface area (Å²) < 4.78 is 3.83. The normalized spacial score (nSPS) is 19.4. The maximum atomic E-state index is 12.4. The minimum atomic E-state index is -0.289. The van der Waals surface area contributed by atoms with Crippen LogP contribution in [-0.4, -0.2) is 31.1 Å². The lowest BCUT2D eigenvalue weighted by Crippen LogP contribution is -2.39. The first-order chi connectivity index (χ1) is 14.0. The van der Waals surface area contributed by atoms with E-state index in [1.807, 2.05) is 25.3 Å². The molecule has 0 saturated heterocycles. The Balaban J connectivity index is 1.29. The zero-order chi connectivity index (χ0) is 20.4. The first-order valence-corrected chi connectivity index (χ1v) is 10.3. The fourth-order valence-electron chi connectivity index (χ4n) is 4.34. The van der Waals surface area contributed by atoms with Crippen molar-refractivity contribution in [1.29, 1.82) is 0 Å². The second-order valence-corrected chi connectivity index (χ2v) is 7.94. The van der Waals surface area contributed by atoms with E-state index in [-0.39, 0.29) is 24.1 Å². The van der Waals surface area contributed by atoms with Gasteiger partial charge in [-0.1, -0.05) is 0 Å². The van der Waals surface area contributed by atoms with Gasteiger partial charge in [0.1, 0.15) is 5.65 Å². The molecule has 3 heterocycles. The highest BCUT2D eigenvalue weighted by atomic mass is 16.2. The van der Waals surface area contributed by atoms with Gasteiger partial charge in [-0.25, -0.2) is 9.78 Å². The molecule has 152 valence electrons. The second kappa shape index (κ2) is 8.19. The van der Waals surface area contributed by atoms with E-state index in [2.05, 4.69) is 38.2 Å². The lowest BCUT2D eigenvalue weighted by molar-refractivity contribution is -0.122.